The number of para-hydroxylation sites is 1. The molecule has 0 N–H and O–H groups in total. The highest BCUT2D eigenvalue weighted by atomic mass is 32.2. The molecule has 152 valence electrons. The highest BCUT2D eigenvalue weighted by molar-refractivity contribution is 8.00. The number of amides is 1. The first-order valence-electron chi connectivity index (χ1n) is 9.67. The number of hydrogen-bond acceptors (Lipinski definition) is 5. The van der Waals surface area contributed by atoms with Crippen molar-refractivity contribution in [2.45, 2.75) is 11.9 Å². The number of benzene rings is 2. The zero-order valence-corrected chi connectivity index (χ0v) is 17.7. The molecule has 4 rings (SSSR count). The summed E-state index contributed by atoms with van der Waals surface area (Å²) in [5.41, 5.74) is 3.59. The maximum absolute atomic E-state index is 12.6. The number of thioether (sulfide) groups is 1. The number of carbonyl (C=O) groups excluding carboxylic acids is 1. The van der Waals surface area contributed by atoms with E-state index in [9.17, 15) is 4.79 Å². The summed E-state index contributed by atoms with van der Waals surface area (Å²) in [5.74, 6) is 1.15. The summed E-state index contributed by atoms with van der Waals surface area (Å²) < 4.78 is 7.30. The minimum atomic E-state index is 0.0151. The molecule has 1 amide bonds. The van der Waals surface area contributed by atoms with Crippen molar-refractivity contribution in [1.29, 1.82) is 0 Å². The molecule has 4 aromatic rings. The van der Waals surface area contributed by atoms with E-state index in [1.165, 1.54) is 11.8 Å². The van der Waals surface area contributed by atoms with Crippen LogP contribution in [-0.4, -0.2) is 39.9 Å². The van der Waals surface area contributed by atoms with Crippen LogP contribution in [0.3, 0.4) is 0 Å². The van der Waals surface area contributed by atoms with Crippen LogP contribution in [0.2, 0.25) is 0 Å². The highest BCUT2D eigenvalue weighted by Gasteiger charge is 2.14. The van der Waals surface area contributed by atoms with Crippen molar-refractivity contribution in [3.8, 4) is 17.0 Å². The van der Waals surface area contributed by atoms with Crippen LogP contribution in [-0.2, 0) is 4.79 Å². The van der Waals surface area contributed by atoms with Crippen LogP contribution in [0.15, 0.2) is 78.1 Å². The number of fused-ring (bicyclic) bond motifs is 1. The van der Waals surface area contributed by atoms with E-state index >= 15 is 0 Å². The van der Waals surface area contributed by atoms with Gasteiger partial charge in [-0.2, -0.15) is 5.10 Å². The Morgan fingerprint density at radius 3 is 2.63 bits per heavy atom. The lowest BCUT2D eigenvalue weighted by Crippen LogP contribution is -2.27. The van der Waals surface area contributed by atoms with Crippen LogP contribution < -0.4 is 9.64 Å². The Morgan fingerprint density at radius 2 is 1.90 bits per heavy atom. The van der Waals surface area contributed by atoms with E-state index in [1.54, 1.807) is 22.7 Å². The highest BCUT2D eigenvalue weighted by Crippen LogP contribution is 2.27. The fourth-order valence-electron chi connectivity index (χ4n) is 3.06. The second kappa shape index (κ2) is 9.00. The first-order valence-corrected chi connectivity index (χ1v) is 10.7. The lowest BCUT2D eigenvalue weighted by Gasteiger charge is -2.16. The zero-order valence-electron chi connectivity index (χ0n) is 16.9. The first-order chi connectivity index (χ1) is 14.7. The maximum Gasteiger partial charge on any atom is 0.237 e. The third kappa shape index (κ3) is 4.31. The van der Waals surface area contributed by atoms with Crippen molar-refractivity contribution in [1.82, 2.24) is 14.6 Å². The standard InChI is InChI=1S/C23H22N4O2S/c1-3-29-19-11-9-17(10-12-19)20-15-21-23(24-13-14-27(21)25-20)30-16-22(28)26(2)18-7-5-4-6-8-18/h4-15H,3,16H2,1-2H3. The number of ether oxygens (including phenoxy) is 1. The van der Waals surface area contributed by atoms with Crippen molar-refractivity contribution in [2.24, 2.45) is 0 Å². The van der Waals surface area contributed by atoms with Gasteiger partial charge in [0.1, 0.15) is 10.8 Å². The number of hydrogen-bond donors (Lipinski definition) is 0. The zero-order chi connectivity index (χ0) is 20.9. The quantitative estimate of drug-likeness (QED) is 0.412. The van der Waals surface area contributed by atoms with Gasteiger partial charge in [0.15, 0.2) is 0 Å². The van der Waals surface area contributed by atoms with Gasteiger partial charge in [0.25, 0.3) is 0 Å². The van der Waals surface area contributed by atoms with Crippen molar-refractivity contribution < 1.29 is 9.53 Å². The van der Waals surface area contributed by atoms with Crippen molar-refractivity contribution >= 4 is 28.9 Å². The van der Waals surface area contributed by atoms with Gasteiger partial charge >= 0.3 is 0 Å². The minimum Gasteiger partial charge on any atom is -0.494 e. The Bertz CT molecular complexity index is 1140. The molecule has 0 radical (unpaired) electrons. The molecule has 0 spiro atoms. The first kappa shape index (κ1) is 20.0. The average molecular weight is 419 g/mol. The molecular weight excluding hydrogens is 396 g/mol. The fraction of sp³-hybridized carbons (Fsp3) is 0.174. The Balaban J connectivity index is 1.51. The van der Waals surface area contributed by atoms with Crippen LogP contribution in [0, 0.1) is 0 Å². The van der Waals surface area contributed by atoms with Crippen molar-refractivity contribution in [2.75, 3.05) is 24.3 Å². The van der Waals surface area contributed by atoms with Crippen molar-refractivity contribution in [3.63, 3.8) is 0 Å². The SMILES string of the molecule is CCOc1ccc(-c2cc3c(SCC(=O)N(C)c4ccccc4)nccn3n2)cc1. The van der Waals surface area contributed by atoms with Gasteiger partial charge in [-0.1, -0.05) is 30.0 Å². The summed E-state index contributed by atoms with van der Waals surface area (Å²) in [6, 6.07) is 19.5. The van der Waals surface area contributed by atoms with E-state index in [-0.39, 0.29) is 5.91 Å². The molecule has 2 aromatic carbocycles. The predicted octanol–water partition coefficient (Wildman–Crippen LogP) is 4.55. The number of nitrogens with zero attached hydrogens (tertiary/aromatic N) is 4. The van der Waals surface area contributed by atoms with Gasteiger partial charge in [0.2, 0.25) is 5.91 Å². The molecule has 0 fully saturated rings. The topological polar surface area (TPSA) is 59.7 Å². The molecule has 0 bridgehead atoms. The monoisotopic (exact) mass is 418 g/mol. The van der Waals surface area contributed by atoms with Gasteiger partial charge in [0, 0.05) is 30.7 Å². The van der Waals surface area contributed by atoms with Crippen LogP contribution in [0.5, 0.6) is 5.75 Å². The molecule has 0 saturated carbocycles. The second-order valence-electron chi connectivity index (χ2n) is 6.63. The third-order valence-corrected chi connectivity index (χ3v) is 5.64. The fourth-order valence-corrected chi connectivity index (χ4v) is 3.95. The van der Waals surface area contributed by atoms with Crippen LogP contribution in [0.1, 0.15) is 6.92 Å². The van der Waals surface area contributed by atoms with Gasteiger partial charge in [-0.05, 0) is 49.4 Å². The molecule has 2 aromatic heterocycles. The lowest BCUT2D eigenvalue weighted by molar-refractivity contribution is -0.115. The predicted molar refractivity (Wildman–Crippen MR) is 120 cm³/mol. The van der Waals surface area contributed by atoms with Gasteiger partial charge in [-0.3, -0.25) is 4.79 Å². The average Bonchev–Trinajstić information content (AvgIpc) is 3.23. The molecule has 2 heterocycles. The third-order valence-electron chi connectivity index (χ3n) is 4.67. The molecule has 0 aliphatic carbocycles. The number of anilines is 1. The number of aromatic nitrogens is 3. The number of carbonyl (C=O) groups is 1. The van der Waals surface area contributed by atoms with E-state index in [2.05, 4.69) is 10.1 Å². The maximum atomic E-state index is 12.6. The summed E-state index contributed by atoms with van der Waals surface area (Å²) in [6.07, 6.45) is 3.52. The molecule has 0 atom stereocenters. The molecule has 7 heteroatoms. The van der Waals surface area contributed by atoms with E-state index in [4.69, 9.17) is 4.74 Å². The van der Waals surface area contributed by atoms with E-state index in [1.807, 2.05) is 73.8 Å². The summed E-state index contributed by atoms with van der Waals surface area (Å²) in [4.78, 5) is 18.7. The summed E-state index contributed by atoms with van der Waals surface area (Å²) in [6.45, 7) is 2.60. The Labute approximate surface area is 179 Å². The molecule has 6 nitrogen and oxygen atoms in total. The van der Waals surface area contributed by atoms with Gasteiger partial charge < -0.3 is 9.64 Å². The molecule has 30 heavy (non-hydrogen) atoms. The minimum absolute atomic E-state index is 0.0151. The Morgan fingerprint density at radius 1 is 1.13 bits per heavy atom. The summed E-state index contributed by atoms with van der Waals surface area (Å²) in [7, 11) is 1.79. The van der Waals surface area contributed by atoms with E-state index < -0.39 is 0 Å². The van der Waals surface area contributed by atoms with Crippen LogP contribution >= 0.6 is 11.8 Å². The van der Waals surface area contributed by atoms with E-state index in [0.29, 0.717) is 12.4 Å². The summed E-state index contributed by atoms with van der Waals surface area (Å²) in [5, 5.41) is 5.43. The molecule has 0 unspecified atom stereocenters. The van der Waals surface area contributed by atoms with Gasteiger partial charge in [-0.15, -0.1) is 0 Å². The van der Waals surface area contributed by atoms with Crippen LogP contribution in [0.25, 0.3) is 16.8 Å². The smallest absolute Gasteiger partial charge is 0.237 e. The lowest BCUT2D eigenvalue weighted by atomic mass is 10.1. The Hall–Kier alpha value is -3.32. The second-order valence-corrected chi connectivity index (χ2v) is 7.59. The Kier molecular flexibility index (Phi) is 5.99. The van der Waals surface area contributed by atoms with Gasteiger partial charge in [-0.25, -0.2) is 9.50 Å². The largest absolute Gasteiger partial charge is 0.494 e. The number of rotatable bonds is 7. The molecular formula is C23H22N4O2S. The van der Waals surface area contributed by atoms with Crippen LogP contribution in [0.4, 0.5) is 5.69 Å². The molecule has 0 aliphatic heterocycles. The normalized spacial score (nSPS) is 10.9. The van der Waals surface area contributed by atoms with E-state index in [0.717, 1.165) is 33.2 Å². The van der Waals surface area contributed by atoms with Gasteiger partial charge in [0.05, 0.1) is 23.6 Å². The molecule has 0 aliphatic rings. The van der Waals surface area contributed by atoms with Crippen molar-refractivity contribution in [3.05, 3.63) is 73.1 Å². The molecule has 0 saturated heterocycles. The summed E-state index contributed by atoms with van der Waals surface area (Å²) >= 11 is 1.42.